The van der Waals surface area contributed by atoms with Crippen LogP contribution < -0.4 is 10.1 Å². The van der Waals surface area contributed by atoms with Crippen LogP contribution in [0.2, 0.25) is 5.02 Å². The van der Waals surface area contributed by atoms with Crippen molar-refractivity contribution >= 4 is 23.2 Å². The van der Waals surface area contributed by atoms with Crippen LogP contribution >= 0.6 is 11.6 Å². The summed E-state index contributed by atoms with van der Waals surface area (Å²) >= 11 is 5.81. The number of rotatable bonds is 5. The second-order valence-electron chi connectivity index (χ2n) is 5.01. The molecule has 0 saturated carbocycles. The SMILES string of the molecule is O=C(Nc1ccc(O)cc1)c1ccc(COc2ccc(Cl)cc2)o1. The highest BCUT2D eigenvalue weighted by atomic mass is 35.5. The third-order valence-electron chi connectivity index (χ3n) is 3.21. The number of phenols is 1. The molecule has 1 heterocycles. The lowest BCUT2D eigenvalue weighted by Crippen LogP contribution is -2.10. The highest BCUT2D eigenvalue weighted by molar-refractivity contribution is 6.30. The minimum atomic E-state index is -0.376. The van der Waals surface area contributed by atoms with E-state index in [1.807, 2.05) is 0 Å². The summed E-state index contributed by atoms with van der Waals surface area (Å²) in [5, 5.41) is 12.5. The van der Waals surface area contributed by atoms with E-state index in [0.717, 1.165) is 0 Å². The van der Waals surface area contributed by atoms with Crippen LogP contribution in [-0.2, 0) is 6.61 Å². The summed E-state index contributed by atoms with van der Waals surface area (Å²) in [5.74, 6) is 1.12. The van der Waals surface area contributed by atoms with E-state index >= 15 is 0 Å². The van der Waals surface area contributed by atoms with Gasteiger partial charge in [0.15, 0.2) is 5.76 Å². The normalized spacial score (nSPS) is 10.4. The molecule has 3 aromatic rings. The van der Waals surface area contributed by atoms with Crippen LogP contribution in [0, 0.1) is 0 Å². The van der Waals surface area contributed by atoms with Crippen LogP contribution in [0.5, 0.6) is 11.5 Å². The lowest BCUT2D eigenvalue weighted by atomic mass is 10.3. The fourth-order valence-electron chi connectivity index (χ4n) is 2.00. The minimum absolute atomic E-state index is 0.132. The van der Waals surface area contributed by atoms with Gasteiger partial charge in [-0.2, -0.15) is 0 Å². The predicted octanol–water partition coefficient (Wildman–Crippen LogP) is 4.47. The summed E-state index contributed by atoms with van der Waals surface area (Å²) in [6, 6.07) is 16.4. The van der Waals surface area contributed by atoms with Crippen molar-refractivity contribution in [3.8, 4) is 11.5 Å². The van der Waals surface area contributed by atoms with Gasteiger partial charge in [0.1, 0.15) is 23.9 Å². The summed E-state index contributed by atoms with van der Waals surface area (Å²) in [6.45, 7) is 0.203. The first-order valence-electron chi connectivity index (χ1n) is 7.17. The number of ether oxygens (including phenoxy) is 1. The monoisotopic (exact) mass is 343 g/mol. The Morgan fingerprint density at radius 3 is 2.46 bits per heavy atom. The van der Waals surface area contributed by atoms with Crippen LogP contribution in [0.15, 0.2) is 65.1 Å². The number of carbonyl (C=O) groups excluding carboxylic acids is 1. The molecule has 0 aliphatic carbocycles. The number of halogens is 1. The van der Waals surface area contributed by atoms with E-state index in [1.54, 1.807) is 48.5 Å². The lowest BCUT2D eigenvalue weighted by molar-refractivity contribution is 0.0992. The number of anilines is 1. The molecule has 0 aliphatic rings. The van der Waals surface area contributed by atoms with Crippen LogP contribution in [-0.4, -0.2) is 11.0 Å². The second-order valence-corrected chi connectivity index (χ2v) is 5.45. The van der Waals surface area contributed by atoms with Gasteiger partial charge in [-0.05, 0) is 60.7 Å². The number of phenolic OH excluding ortho intramolecular Hbond substituents is 1. The number of nitrogens with one attached hydrogen (secondary N) is 1. The molecular formula is C18H14ClNO4. The quantitative estimate of drug-likeness (QED) is 0.670. The Morgan fingerprint density at radius 2 is 1.75 bits per heavy atom. The first-order chi connectivity index (χ1) is 11.6. The van der Waals surface area contributed by atoms with Crippen molar-refractivity contribution in [3.05, 3.63) is 77.2 Å². The molecule has 0 aliphatic heterocycles. The van der Waals surface area contributed by atoms with Gasteiger partial charge in [-0.3, -0.25) is 4.79 Å². The molecule has 0 fully saturated rings. The molecule has 2 aromatic carbocycles. The smallest absolute Gasteiger partial charge is 0.291 e. The highest BCUT2D eigenvalue weighted by Gasteiger charge is 2.12. The average molecular weight is 344 g/mol. The molecule has 0 bridgehead atoms. The maximum Gasteiger partial charge on any atom is 0.291 e. The van der Waals surface area contributed by atoms with Gasteiger partial charge in [-0.15, -0.1) is 0 Å². The van der Waals surface area contributed by atoms with Crippen LogP contribution in [0.3, 0.4) is 0 Å². The Kier molecular flexibility index (Phi) is 4.72. The Morgan fingerprint density at radius 1 is 1.04 bits per heavy atom. The molecule has 0 unspecified atom stereocenters. The number of carbonyl (C=O) groups is 1. The van der Waals surface area contributed by atoms with Gasteiger partial charge >= 0.3 is 0 Å². The zero-order valence-electron chi connectivity index (χ0n) is 12.5. The summed E-state index contributed by atoms with van der Waals surface area (Å²) in [6.07, 6.45) is 0. The average Bonchev–Trinajstić information content (AvgIpc) is 3.06. The van der Waals surface area contributed by atoms with Crippen molar-refractivity contribution in [1.82, 2.24) is 0 Å². The molecule has 0 saturated heterocycles. The van der Waals surface area contributed by atoms with Crippen LogP contribution in [0.25, 0.3) is 0 Å². The van der Waals surface area contributed by atoms with Gasteiger partial charge in [0.05, 0.1) is 0 Å². The molecule has 24 heavy (non-hydrogen) atoms. The molecule has 6 heteroatoms. The number of benzene rings is 2. The summed E-state index contributed by atoms with van der Waals surface area (Å²) in [7, 11) is 0. The number of furan rings is 1. The molecule has 122 valence electrons. The largest absolute Gasteiger partial charge is 0.508 e. The van der Waals surface area contributed by atoms with E-state index in [0.29, 0.717) is 22.2 Å². The van der Waals surface area contributed by atoms with Crippen molar-refractivity contribution in [2.24, 2.45) is 0 Å². The van der Waals surface area contributed by atoms with Crippen molar-refractivity contribution in [2.75, 3.05) is 5.32 Å². The molecule has 1 aromatic heterocycles. The zero-order valence-corrected chi connectivity index (χ0v) is 13.3. The van der Waals surface area contributed by atoms with Crippen molar-refractivity contribution in [3.63, 3.8) is 0 Å². The molecule has 5 nitrogen and oxygen atoms in total. The van der Waals surface area contributed by atoms with Crippen LogP contribution in [0.4, 0.5) is 5.69 Å². The fourth-order valence-corrected chi connectivity index (χ4v) is 2.13. The van der Waals surface area contributed by atoms with E-state index in [-0.39, 0.29) is 24.0 Å². The molecule has 3 rings (SSSR count). The molecule has 0 radical (unpaired) electrons. The molecule has 1 amide bonds. The van der Waals surface area contributed by atoms with Gasteiger partial charge in [0.25, 0.3) is 5.91 Å². The van der Waals surface area contributed by atoms with Gasteiger partial charge in [-0.1, -0.05) is 11.6 Å². The maximum absolute atomic E-state index is 12.1. The van der Waals surface area contributed by atoms with Crippen molar-refractivity contribution in [2.45, 2.75) is 6.61 Å². The van der Waals surface area contributed by atoms with Crippen molar-refractivity contribution < 1.29 is 19.1 Å². The molecule has 2 N–H and O–H groups in total. The van der Waals surface area contributed by atoms with E-state index < -0.39 is 0 Å². The Bertz CT molecular complexity index is 825. The van der Waals surface area contributed by atoms with E-state index in [2.05, 4.69) is 5.32 Å². The van der Waals surface area contributed by atoms with Gasteiger partial charge in [0.2, 0.25) is 0 Å². The molecular weight excluding hydrogens is 330 g/mol. The summed E-state index contributed by atoms with van der Waals surface area (Å²) in [5.41, 5.74) is 0.563. The zero-order chi connectivity index (χ0) is 16.9. The lowest BCUT2D eigenvalue weighted by Gasteiger charge is -2.04. The van der Waals surface area contributed by atoms with Gasteiger partial charge in [-0.25, -0.2) is 0 Å². The van der Waals surface area contributed by atoms with Crippen molar-refractivity contribution in [1.29, 1.82) is 0 Å². The Balaban J connectivity index is 1.59. The molecule has 0 atom stereocenters. The van der Waals surface area contributed by atoms with E-state index in [1.165, 1.54) is 12.1 Å². The predicted molar refractivity (Wildman–Crippen MR) is 90.6 cm³/mol. The third kappa shape index (κ3) is 4.08. The first kappa shape index (κ1) is 16.0. The van der Waals surface area contributed by atoms with Crippen LogP contribution in [0.1, 0.15) is 16.3 Å². The first-order valence-corrected chi connectivity index (χ1v) is 7.55. The second kappa shape index (κ2) is 7.10. The Labute approximate surface area is 143 Å². The molecule has 0 spiro atoms. The minimum Gasteiger partial charge on any atom is -0.508 e. The number of hydrogen-bond donors (Lipinski definition) is 2. The number of aromatic hydroxyl groups is 1. The van der Waals surface area contributed by atoms with E-state index in [9.17, 15) is 9.90 Å². The number of hydrogen-bond acceptors (Lipinski definition) is 4. The summed E-state index contributed by atoms with van der Waals surface area (Å²) < 4.78 is 11.0. The third-order valence-corrected chi connectivity index (χ3v) is 3.46. The summed E-state index contributed by atoms with van der Waals surface area (Å²) in [4.78, 5) is 12.1. The number of amides is 1. The van der Waals surface area contributed by atoms with Gasteiger partial charge in [0, 0.05) is 10.7 Å². The topological polar surface area (TPSA) is 71.7 Å². The maximum atomic E-state index is 12.1. The Hall–Kier alpha value is -2.92. The van der Waals surface area contributed by atoms with E-state index in [4.69, 9.17) is 20.8 Å². The highest BCUT2D eigenvalue weighted by Crippen LogP contribution is 2.19. The fraction of sp³-hybridized carbons (Fsp3) is 0.0556. The van der Waals surface area contributed by atoms with Gasteiger partial charge < -0.3 is 19.6 Å². The standard InChI is InChI=1S/C18H14ClNO4/c19-12-1-7-15(8-2-12)23-11-16-9-10-17(24-16)18(22)20-13-3-5-14(21)6-4-13/h1-10,21H,11H2,(H,20,22).